The maximum absolute atomic E-state index is 14.1. The largest absolute Gasteiger partial charge is 0.277 e. The molecule has 27 heavy (non-hydrogen) atoms. The fraction of sp³-hybridized carbons (Fsp3) is 0. The van der Waals surface area contributed by atoms with E-state index < -0.39 is 43.6 Å². The Kier molecular flexibility index (Phi) is 4.76. The molecule has 0 unspecified atom stereocenters. The van der Waals surface area contributed by atoms with Gasteiger partial charge in [-0.3, -0.25) is 4.72 Å². The van der Waals surface area contributed by atoms with Crippen molar-refractivity contribution in [1.82, 2.24) is 0 Å². The second-order valence-electron chi connectivity index (χ2n) is 5.39. The number of sulfonamides is 1. The highest BCUT2D eigenvalue weighted by molar-refractivity contribution is 7.92. The van der Waals surface area contributed by atoms with E-state index in [-0.39, 0.29) is 5.56 Å². The lowest BCUT2D eigenvalue weighted by Crippen LogP contribution is -2.14. The van der Waals surface area contributed by atoms with Gasteiger partial charge in [-0.25, -0.2) is 21.6 Å². The van der Waals surface area contributed by atoms with E-state index in [0.717, 1.165) is 24.3 Å². The summed E-state index contributed by atoms with van der Waals surface area (Å²) >= 11 is 0. The van der Waals surface area contributed by atoms with Gasteiger partial charge in [0, 0.05) is 11.6 Å². The summed E-state index contributed by atoms with van der Waals surface area (Å²) < 4.78 is 68.5. The molecule has 0 atom stereocenters. The summed E-state index contributed by atoms with van der Waals surface area (Å²) in [5.41, 5.74) is -0.673. The molecule has 0 amide bonds. The molecule has 0 aromatic heterocycles. The fourth-order valence-corrected chi connectivity index (χ4v) is 3.41. The zero-order chi connectivity index (χ0) is 19.6. The molecule has 3 aromatic rings. The lowest BCUT2D eigenvalue weighted by Gasteiger charge is -2.12. The molecule has 0 saturated heterocycles. The van der Waals surface area contributed by atoms with Crippen molar-refractivity contribution in [1.29, 1.82) is 5.26 Å². The molecule has 0 heterocycles. The van der Waals surface area contributed by atoms with Crippen molar-refractivity contribution in [3.63, 3.8) is 0 Å². The first-order valence-corrected chi connectivity index (χ1v) is 8.90. The highest BCUT2D eigenvalue weighted by atomic mass is 32.2. The summed E-state index contributed by atoms with van der Waals surface area (Å²) in [5, 5.41) is 8.82. The number of hydrogen-bond donors (Lipinski definition) is 1. The molecule has 0 aliphatic rings. The normalized spacial score (nSPS) is 10.7. The molecule has 0 bridgehead atoms. The monoisotopic (exact) mass is 386 g/mol. The SMILES string of the molecule is N#Cc1cc(S(=O)(=O)Nc2cc(-c3cc#ccc3)c(F)cc2F)ccc1F. The molecule has 0 aliphatic heterocycles. The van der Waals surface area contributed by atoms with Gasteiger partial charge in [-0.15, -0.1) is 0 Å². The highest BCUT2D eigenvalue weighted by Crippen LogP contribution is 2.29. The average molecular weight is 386 g/mol. The number of benzene rings is 2. The van der Waals surface area contributed by atoms with Crippen molar-refractivity contribution in [2.24, 2.45) is 0 Å². The molecular weight excluding hydrogens is 377 g/mol. The van der Waals surface area contributed by atoms with Gasteiger partial charge in [0.1, 0.15) is 23.5 Å². The van der Waals surface area contributed by atoms with Crippen LogP contribution in [0.3, 0.4) is 0 Å². The molecule has 1 N–H and O–H groups in total. The molecule has 0 aliphatic carbocycles. The van der Waals surface area contributed by atoms with E-state index in [0.29, 0.717) is 11.6 Å². The molecule has 0 spiro atoms. The Morgan fingerprint density at radius 1 is 0.963 bits per heavy atom. The van der Waals surface area contributed by atoms with Crippen LogP contribution in [-0.2, 0) is 10.0 Å². The van der Waals surface area contributed by atoms with E-state index in [9.17, 15) is 21.6 Å². The summed E-state index contributed by atoms with van der Waals surface area (Å²) in [6.07, 6.45) is 0. The Morgan fingerprint density at radius 2 is 1.74 bits per heavy atom. The lowest BCUT2D eigenvalue weighted by atomic mass is 10.1. The summed E-state index contributed by atoms with van der Waals surface area (Å²) in [5.74, 6) is -2.90. The first-order valence-electron chi connectivity index (χ1n) is 7.41. The Labute approximate surface area is 153 Å². The predicted octanol–water partition coefficient (Wildman–Crippen LogP) is 4.04. The van der Waals surface area contributed by atoms with E-state index >= 15 is 0 Å². The molecule has 134 valence electrons. The van der Waals surface area contributed by atoms with Crippen molar-refractivity contribution < 1.29 is 21.6 Å². The summed E-state index contributed by atoms with van der Waals surface area (Å²) in [4.78, 5) is -0.437. The molecule has 0 saturated carbocycles. The average Bonchev–Trinajstić information content (AvgIpc) is 2.64. The number of nitrogens with zero attached hydrogens (tertiary/aromatic N) is 1. The van der Waals surface area contributed by atoms with Crippen LogP contribution in [0.1, 0.15) is 5.56 Å². The third-order valence-electron chi connectivity index (χ3n) is 3.64. The lowest BCUT2D eigenvalue weighted by molar-refractivity contribution is 0.584. The Hall–Kier alpha value is -3.49. The summed E-state index contributed by atoms with van der Waals surface area (Å²) in [7, 11) is -4.34. The second kappa shape index (κ2) is 7.02. The second-order valence-corrected chi connectivity index (χ2v) is 7.07. The first kappa shape index (κ1) is 18.3. The molecule has 8 heteroatoms. The van der Waals surface area contributed by atoms with Crippen LogP contribution in [0.5, 0.6) is 0 Å². The van der Waals surface area contributed by atoms with Crippen LogP contribution in [0.15, 0.2) is 53.4 Å². The van der Waals surface area contributed by atoms with Gasteiger partial charge in [0.2, 0.25) is 0 Å². The van der Waals surface area contributed by atoms with E-state index in [1.807, 2.05) is 4.72 Å². The van der Waals surface area contributed by atoms with Gasteiger partial charge in [0.15, 0.2) is 0 Å². The van der Waals surface area contributed by atoms with Crippen LogP contribution in [-0.4, -0.2) is 8.42 Å². The van der Waals surface area contributed by atoms with E-state index in [1.54, 1.807) is 0 Å². The van der Waals surface area contributed by atoms with Crippen LogP contribution >= 0.6 is 0 Å². The quantitative estimate of drug-likeness (QED) is 0.736. The molecule has 0 radical (unpaired) electrons. The van der Waals surface area contributed by atoms with Crippen molar-refractivity contribution >= 4 is 15.7 Å². The molecule has 3 rings (SSSR count). The number of nitriles is 1. The van der Waals surface area contributed by atoms with Gasteiger partial charge in [-0.1, -0.05) is 12.1 Å². The van der Waals surface area contributed by atoms with E-state index in [2.05, 4.69) is 12.1 Å². The predicted molar refractivity (Wildman–Crippen MR) is 91.4 cm³/mol. The maximum Gasteiger partial charge on any atom is 0.262 e. The number of rotatable bonds is 4. The van der Waals surface area contributed by atoms with E-state index in [4.69, 9.17) is 5.26 Å². The minimum absolute atomic E-state index is 0.0452. The summed E-state index contributed by atoms with van der Waals surface area (Å²) in [6.45, 7) is 0. The standard InChI is InChI=1S/C19H9F3N2O2S/c20-16-7-6-14(8-13(16)11-23)27(25,26)24-19-9-15(17(21)10-18(19)22)12-4-2-1-3-5-12/h2,4-10,24H. The first-order chi connectivity index (χ1) is 12.8. The van der Waals surface area contributed by atoms with Crippen molar-refractivity contribution in [2.45, 2.75) is 4.90 Å². The van der Waals surface area contributed by atoms with Gasteiger partial charge in [0.25, 0.3) is 10.0 Å². The van der Waals surface area contributed by atoms with Crippen molar-refractivity contribution in [2.75, 3.05) is 4.72 Å². The molecule has 4 nitrogen and oxygen atoms in total. The molecule has 0 fully saturated rings. The van der Waals surface area contributed by atoms with Crippen LogP contribution in [0, 0.1) is 40.9 Å². The Morgan fingerprint density at radius 3 is 2.41 bits per heavy atom. The third kappa shape index (κ3) is 3.71. The summed E-state index contributed by atoms with van der Waals surface area (Å²) in [6, 6.07) is 15.3. The Balaban J connectivity index is 2.04. The van der Waals surface area contributed by atoms with Crippen LogP contribution in [0.25, 0.3) is 11.1 Å². The maximum atomic E-state index is 14.1. The van der Waals surface area contributed by atoms with Crippen LogP contribution < -0.4 is 4.72 Å². The highest BCUT2D eigenvalue weighted by Gasteiger charge is 2.20. The number of anilines is 1. The van der Waals surface area contributed by atoms with Crippen LogP contribution in [0.4, 0.5) is 18.9 Å². The number of nitrogens with one attached hydrogen (secondary N) is 1. The zero-order valence-corrected chi connectivity index (χ0v) is 14.2. The van der Waals surface area contributed by atoms with Crippen LogP contribution in [0.2, 0.25) is 0 Å². The minimum atomic E-state index is -4.34. The number of hydrogen-bond acceptors (Lipinski definition) is 3. The van der Waals surface area contributed by atoms with Crippen molar-refractivity contribution in [3.8, 4) is 17.2 Å². The number of halogens is 3. The Bertz CT molecular complexity index is 1160. The smallest absolute Gasteiger partial charge is 0.262 e. The van der Waals surface area contributed by atoms with Gasteiger partial charge in [0.05, 0.1) is 16.1 Å². The fourth-order valence-electron chi connectivity index (χ4n) is 2.32. The van der Waals surface area contributed by atoms with Gasteiger partial charge in [-0.2, -0.15) is 5.26 Å². The molecule has 3 aromatic carbocycles. The third-order valence-corrected chi connectivity index (χ3v) is 5.00. The molecular formula is C19H9F3N2O2S. The minimum Gasteiger partial charge on any atom is -0.277 e. The van der Waals surface area contributed by atoms with Gasteiger partial charge >= 0.3 is 0 Å². The van der Waals surface area contributed by atoms with E-state index in [1.165, 1.54) is 24.3 Å². The van der Waals surface area contributed by atoms with Gasteiger partial charge < -0.3 is 0 Å². The van der Waals surface area contributed by atoms with Crippen molar-refractivity contribution in [3.05, 3.63) is 83.7 Å². The zero-order valence-electron chi connectivity index (χ0n) is 13.4. The topological polar surface area (TPSA) is 70.0 Å². The van der Waals surface area contributed by atoms with Gasteiger partial charge in [-0.05, 0) is 48.0 Å².